The molecule has 0 amide bonds. The zero-order valence-electron chi connectivity index (χ0n) is 37.1. The van der Waals surface area contributed by atoms with Crippen LogP contribution in [0.3, 0.4) is 0 Å². The predicted molar refractivity (Wildman–Crippen MR) is 266 cm³/mol. The Bertz CT molecular complexity index is 3590. The van der Waals surface area contributed by atoms with E-state index in [1.165, 1.54) is 36.8 Å². The van der Waals surface area contributed by atoms with E-state index in [0.717, 1.165) is 68.1 Å². The molecule has 0 saturated heterocycles. The van der Waals surface area contributed by atoms with Crippen LogP contribution in [0.2, 0.25) is 0 Å². The first kappa shape index (κ1) is 43.4. The maximum absolute atomic E-state index is 12.1. The molecule has 10 aromatic rings. The molecule has 2 saturated carbocycles. The van der Waals surface area contributed by atoms with E-state index >= 15 is 0 Å². The first-order chi connectivity index (χ1) is 32.7. The van der Waals surface area contributed by atoms with E-state index in [-0.39, 0.29) is 15.3 Å². The summed E-state index contributed by atoms with van der Waals surface area (Å²) in [7, 11) is -7.69. The average molecular weight is 938 g/mol. The Morgan fingerprint density at radius 2 is 0.882 bits per heavy atom. The number of nitrogens with two attached hydrogens (primary N) is 3. The fourth-order valence-corrected chi connectivity index (χ4v) is 11.3. The lowest BCUT2D eigenvalue weighted by molar-refractivity contribution is 0.253. The molecule has 340 valence electrons. The van der Waals surface area contributed by atoms with Crippen molar-refractivity contribution in [2.75, 3.05) is 0 Å². The molecule has 13 nitrogen and oxygen atoms in total. The smallest absolute Gasteiger partial charge is 0.238 e. The molecule has 0 aliphatic heterocycles. The van der Waals surface area contributed by atoms with E-state index in [4.69, 9.17) is 26.0 Å². The Morgan fingerprint density at radius 3 is 1.26 bits per heavy atom. The molecule has 4 aromatic heterocycles. The second kappa shape index (κ2) is 16.3. The van der Waals surface area contributed by atoms with Crippen molar-refractivity contribution in [2.24, 2.45) is 16.0 Å². The average Bonchev–Trinajstić information content (AvgIpc) is 3.95. The van der Waals surface area contributed by atoms with Gasteiger partial charge in [0.15, 0.2) is 11.3 Å². The Morgan fingerprint density at radius 1 is 0.471 bits per heavy atom. The van der Waals surface area contributed by atoms with Crippen molar-refractivity contribution in [3.8, 4) is 44.5 Å². The molecule has 68 heavy (non-hydrogen) atoms. The lowest BCUT2D eigenvalue weighted by atomic mass is 9.66. The topological polar surface area (TPSA) is 207 Å². The zero-order chi connectivity index (χ0) is 47.0. The largest absolute Gasteiger partial charge is 0.321 e. The van der Waals surface area contributed by atoms with Crippen molar-refractivity contribution in [2.45, 2.75) is 66.2 Å². The molecule has 6 aromatic carbocycles. The summed E-state index contributed by atoms with van der Waals surface area (Å²) in [5.74, 6) is 0. The van der Waals surface area contributed by atoms with E-state index in [1.807, 2.05) is 49.1 Å². The summed E-state index contributed by atoms with van der Waals surface area (Å²) in [6, 6.07) is 38.4. The van der Waals surface area contributed by atoms with Gasteiger partial charge in [-0.2, -0.15) is 10.2 Å². The summed E-state index contributed by atoms with van der Waals surface area (Å²) in [6.07, 6.45) is 18.2. The van der Waals surface area contributed by atoms with Crippen LogP contribution in [0.25, 0.3) is 77.3 Å². The first-order valence-electron chi connectivity index (χ1n) is 22.4. The summed E-state index contributed by atoms with van der Waals surface area (Å²) < 4.78 is 51.8. The van der Waals surface area contributed by atoms with Gasteiger partial charge in [-0.25, -0.2) is 46.1 Å². The highest BCUT2D eigenvalue weighted by atomic mass is 32.2. The molecule has 6 N–H and O–H groups in total. The van der Waals surface area contributed by atoms with Crippen molar-refractivity contribution in [1.82, 2.24) is 29.2 Å². The molecule has 0 atom stereocenters. The van der Waals surface area contributed by atoms with Gasteiger partial charge in [-0.05, 0) is 93.8 Å². The zero-order valence-corrected chi connectivity index (χ0v) is 38.8. The summed E-state index contributed by atoms with van der Waals surface area (Å²) in [5.41, 5.74) is 18.0. The maximum atomic E-state index is 12.1. The molecule has 2 aliphatic rings. The molecule has 0 radical (unpaired) electrons. The standard InChI is InChI=1S/C27H24N4O2S.C26H23N5O2S/c1-27(13-4-14-27)20-9-7-18(8-10-20)19-15-29-26-24(16-30-31(26)17-19)22-11-12-25(34(28,32)33)23-6-3-2-5-21(22)23;27-26(12-3-13-26)19-8-6-17(7-9-19)18-14-29-25-23(15-30-31(25)16-18)21-10-11-24(34(28,32)33)22-5-2-1-4-20(21)22/h2-3,5-12,15-17H,4,13-14H2,1H3,(H2,28,32,33);1-2,4-11,14-16H,3,12-13,27H2,(H2,28,32,33). The molecule has 0 spiro atoms. The third-order valence-corrected chi connectivity index (χ3v) is 16.0. The van der Waals surface area contributed by atoms with Crippen molar-refractivity contribution in [3.05, 3.63) is 170 Å². The normalized spacial score (nSPS) is 15.5. The maximum Gasteiger partial charge on any atom is 0.238 e. The number of sulfonamides is 2. The van der Waals surface area contributed by atoms with Gasteiger partial charge < -0.3 is 5.73 Å². The minimum absolute atomic E-state index is 0.100. The highest BCUT2D eigenvalue weighted by Crippen LogP contribution is 2.44. The molecular formula is C53H47N9O4S2. The number of hydrogen-bond acceptors (Lipinski definition) is 9. The number of hydrogen-bond donors (Lipinski definition) is 3. The van der Waals surface area contributed by atoms with Gasteiger partial charge in [-0.1, -0.05) is 123 Å². The van der Waals surface area contributed by atoms with Gasteiger partial charge in [-0.3, -0.25) is 0 Å². The lowest BCUT2D eigenvalue weighted by Gasteiger charge is -2.39. The Balaban J connectivity index is 0.000000149. The van der Waals surface area contributed by atoms with E-state index in [9.17, 15) is 16.8 Å². The van der Waals surface area contributed by atoms with Crippen LogP contribution in [0.4, 0.5) is 0 Å². The molecule has 15 heteroatoms. The van der Waals surface area contributed by atoms with E-state index in [1.54, 1.807) is 70.0 Å². The Hall–Kier alpha value is -7.14. The van der Waals surface area contributed by atoms with Gasteiger partial charge in [0.25, 0.3) is 0 Å². The van der Waals surface area contributed by atoms with Crippen LogP contribution in [0.15, 0.2) is 168 Å². The third kappa shape index (κ3) is 7.62. The van der Waals surface area contributed by atoms with Crippen LogP contribution in [0, 0.1) is 0 Å². The number of fused-ring (bicyclic) bond motifs is 4. The number of aromatic nitrogens is 6. The number of primary sulfonamides is 2. The summed E-state index contributed by atoms with van der Waals surface area (Å²) in [5, 5.41) is 22.7. The van der Waals surface area contributed by atoms with Crippen molar-refractivity contribution in [1.29, 1.82) is 0 Å². The lowest BCUT2D eigenvalue weighted by Crippen LogP contribution is -2.43. The summed E-state index contributed by atoms with van der Waals surface area (Å²) in [4.78, 5) is 9.64. The van der Waals surface area contributed by atoms with Crippen LogP contribution in [0.5, 0.6) is 0 Å². The number of nitrogens with zero attached hydrogens (tertiary/aromatic N) is 6. The molecular weight excluding hydrogens is 891 g/mol. The van der Waals surface area contributed by atoms with E-state index in [0.29, 0.717) is 27.5 Å². The SMILES string of the molecule is CC1(c2ccc(-c3cnc4c(-c5ccc(S(N)(=O)=O)c6ccccc56)cnn4c3)cc2)CCC1.NC1(c2ccc(-c3cnc4c(-c5ccc(S(N)(=O)=O)c6ccccc56)cnn4c3)cc2)CCC1. The Kier molecular flexibility index (Phi) is 10.4. The summed E-state index contributed by atoms with van der Waals surface area (Å²) in [6.45, 7) is 2.34. The van der Waals surface area contributed by atoms with Crippen LogP contribution in [-0.2, 0) is 31.0 Å². The highest BCUT2D eigenvalue weighted by molar-refractivity contribution is 7.89. The minimum Gasteiger partial charge on any atom is -0.321 e. The predicted octanol–water partition coefficient (Wildman–Crippen LogP) is 9.51. The molecule has 0 bridgehead atoms. The monoisotopic (exact) mass is 937 g/mol. The van der Waals surface area contributed by atoms with Crippen molar-refractivity contribution < 1.29 is 16.8 Å². The van der Waals surface area contributed by atoms with Crippen LogP contribution >= 0.6 is 0 Å². The first-order valence-corrected chi connectivity index (χ1v) is 25.5. The fraction of sp³-hybridized carbons (Fsp3) is 0.170. The third-order valence-electron chi connectivity index (χ3n) is 14.1. The van der Waals surface area contributed by atoms with Gasteiger partial charge in [0.2, 0.25) is 20.0 Å². The Labute approximate surface area is 393 Å². The highest BCUT2D eigenvalue weighted by Gasteiger charge is 2.34. The molecule has 12 rings (SSSR count). The van der Waals surface area contributed by atoms with E-state index < -0.39 is 20.0 Å². The van der Waals surface area contributed by atoms with Gasteiger partial charge in [-0.15, -0.1) is 0 Å². The van der Waals surface area contributed by atoms with Gasteiger partial charge in [0.05, 0.1) is 22.2 Å². The van der Waals surface area contributed by atoms with Crippen molar-refractivity contribution >= 4 is 52.9 Å². The van der Waals surface area contributed by atoms with E-state index in [2.05, 4.69) is 65.7 Å². The van der Waals surface area contributed by atoms with Gasteiger partial charge in [0, 0.05) is 63.4 Å². The molecule has 2 fully saturated rings. The quantitative estimate of drug-likeness (QED) is 0.132. The molecule has 0 unspecified atom stereocenters. The summed E-state index contributed by atoms with van der Waals surface area (Å²) >= 11 is 0. The van der Waals surface area contributed by atoms with Crippen LogP contribution in [-0.4, -0.2) is 46.0 Å². The van der Waals surface area contributed by atoms with Crippen LogP contribution in [0.1, 0.15) is 56.6 Å². The fourth-order valence-electron chi connectivity index (χ4n) is 9.84. The minimum atomic E-state index is -3.85. The number of benzene rings is 6. The molecule has 2 aliphatic carbocycles. The van der Waals surface area contributed by atoms with Crippen molar-refractivity contribution in [3.63, 3.8) is 0 Å². The van der Waals surface area contributed by atoms with Gasteiger partial charge in [0.1, 0.15) is 0 Å². The second-order valence-corrected chi connectivity index (χ2v) is 21.4. The number of rotatable bonds is 8. The van der Waals surface area contributed by atoms with Gasteiger partial charge >= 0.3 is 0 Å². The second-order valence-electron chi connectivity index (χ2n) is 18.3. The molecule has 4 heterocycles. The van der Waals surface area contributed by atoms with Crippen LogP contribution < -0.4 is 16.0 Å².